The molecule has 0 fully saturated rings. The van der Waals surface area contributed by atoms with Gasteiger partial charge in [0.1, 0.15) is 5.75 Å². The highest BCUT2D eigenvalue weighted by Gasteiger charge is 2.10. The SMILES string of the molecule is COc1cccc2cc(-c3ccc(C(=O)O)cn3)sc12. The molecule has 0 aliphatic rings. The Morgan fingerprint density at radius 2 is 2.15 bits per heavy atom. The van der Waals surface area contributed by atoms with Gasteiger partial charge in [0.25, 0.3) is 0 Å². The maximum atomic E-state index is 10.8. The summed E-state index contributed by atoms with van der Waals surface area (Å²) in [7, 11) is 1.65. The monoisotopic (exact) mass is 285 g/mol. The summed E-state index contributed by atoms with van der Waals surface area (Å²) < 4.78 is 6.40. The predicted molar refractivity (Wildman–Crippen MR) is 78.6 cm³/mol. The minimum Gasteiger partial charge on any atom is -0.495 e. The first-order valence-electron chi connectivity index (χ1n) is 5.95. The Bertz CT molecular complexity index is 777. The number of carboxylic acid groups (broad SMARTS) is 1. The van der Waals surface area contributed by atoms with E-state index in [1.807, 2.05) is 24.3 Å². The van der Waals surface area contributed by atoms with Gasteiger partial charge in [-0.2, -0.15) is 0 Å². The molecule has 0 saturated heterocycles. The molecule has 0 spiro atoms. The number of pyridine rings is 1. The lowest BCUT2D eigenvalue weighted by Gasteiger charge is -1.99. The van der Waals surface area contributed by atoms with Crippen molar-refractivity contribution in [3.8, 4) is 16.3 Å². The molecule has 20 heavy (non-hydrogen) atoms. The number of aromatic nitrogens is 1. The van der Waals surface area contributed by atoms with Gasteiger partial charge in [-0.05, 0) is 29.7 Å². The molecule has 0 amide bonds. The van der Waals surface area contributed by atoms with E-state index in [0.717, 1.165) is 26.4 Å². The highest BCUT2D eigenvalue weighted by atomic mass is 32.1. The number of nitrogens with zero attached hydrogens (tertiary/aromatic N) is 1. The van der Waals surface area contributed by atoms with Crippen LogP contribution in [0.4, 0.5) is 0 Å². The van der Waals surface area contributed by atoms with Crippen LogP contribution in [0.2, 0.25) is 0 Å². The zero-order chi connectivity index (χ0) is 14.1. The first kappa shape index (κ1) is 12.6. The zero-order valence-electron chi connectivity index (χ0n) is 10.7. The lowest BCUT2D eigenvalue weighted by Crippen LogP contribution is -1.96. The van der Waals surface area contributed by atoms with Crippen molar-refractivity contribution in [1.29, 1.82) is 0 Å². The number of carboxylic acids is 1. The van der Waals surface area contributed by atoms with Crippen LogP contribution in [0, 0.1) is 0 Å². The Morgan fingerprint density at radius 3 is 2.80 bits per heavy atom. The molecule has 0 aliphatic heterocycles. The van der Waals surface area contributed by atoms with Crippen molar-refractivity contribution in [1.82, 2.24) is 4.98 Å². The van der Waals surface area contributed by atoms with Gasteiger partial charge in [0.15, 0.2) is 0 Å². The largest absolute Gasteiger partial charge is 0.495 e. The fourth-order valence-corrected chi connectivity index (χ4v) is 3.12. The Balaban J connectivity index is 2.08. The van der Waals surface area contributed by atoms with Crippen molar-refractivity contribution < 1.29 is 14.6 Å². The molecule has 3 rings (SSSR count). The van der Waals surface area contributed by atoms with Gasteiger partial charge in [-0.15, -0.1) is 11.3 Å². The summed E-state index contributed by atoms with van der Waals surface area (Å²) in [4.78, 5) is 16.0. The topological polar surface area (TPSA) is 59.4 Å². The van der Waals surface area contributed by atoms with Crippen molar-refractivity contribution >= 4 is 27.4 Å². The van der Waals surface area contributed by atoms with Crippen LogP contribution in [0.5, 0.6) is 5.75 Å². The number of aromatic carboxylic acids is 1. The molecule has 3 aromatic rings. The lowest BCUT2D eigenvalue weighted by molar-refractivity contribution is 0.0696. The van der Waals surface area contributed by atoms with Gasteiger partial charge in [0, 0.05) is 6.20 Å². The quantitative estimate of drug-likeness (QED) is 0.797. The zero-order valence-corrected chi connectivity index (χ0v) is 11.5. The summed E-state index contributed by atoms with van der Waals surface area (Å²) in [5.74, 6) is -0.136. The highest BCUT2D eigenvalue weighted by molar-refractivity contribution is 7.22. The van der Waals surface area contributed by atoms with Crippen molar-refractivity contribution in [2.75, 3.05) is 7.11 Å². The molecule has 0 bridgehead atoms. The van der Waals surface area contributed by atoms with Gasteiger partial charge < -0.3 is 9.84 Å². The molecule has 4 nitrogen and oxygen atoms in total. The maximum absolute atomic E-state index is 10.8. The van der Waals surface area contributed by atoms with Crippen LogP contribution in [0.25, 0.3) is 20.7 Å². The molecule has 1 N–H and O–H groups in total. The van der Waals surface area contributed by atoms with Crippen LogP contribution in [-0.2, 0) is 0 Å². The summed E-state index contributed by atoms with van der Waals surface area (Å²) in [5, 5.41) is 9.97. The number of hydrogen-bond donors (Lipinski definition) is 1. The van der Waals surface area contributed by atoms with Crippen LogP contribution in [-0.4, -0.2) is 23.2 Å². The van der Waals surface area contributed by atoms with Crippen LogP contribution >= 0.6 is 11.3 Å². The van der Waals surface area contributed by atoms with Crippen LogP contribution in [0.15, 0.2) is 42.6 Å². The van der Waals surface area contributed by atoms with Crippen molar-refractivity contribution in [3.63, 3.8) is 0 Å². The normalized spacial score (nSPS) is 10.7. The van der Waals surface area contributed by atoms with E-state index in [2.05, 4.69) is 4.98 Å². The molecule has 5 heteroatoms. The smallest absolute Gasteiger partial charge is 0.337 e. The maximum Gasteiger partial charge on any atom is 0.337 e. The van der Waals surface area contributed by atoms with Gasteiger partial charge in [-0.25, -0.2) is 4.79 Å². The second-order valence-corrected chi connectivity index (χ2v) is 5.28. The molecule has 0 saturated carbocycles. The third-order valence-electron chi connectivity index (χ3n) is 2.99. The summed E-state index contributed by atoms with van der Waals surface area (Å²) in [6, 6.07) is 11.2. The second kappa shape index (κ2) is 4.94. The van der Waals surface area contributed by atoms with Gasteiger partial charge in [-0.3, -0.25) is 4.98 Å². The average molecular weight is 285 g/mol. The third kappa shape index (κ3) is 2.12. The molecule has 0 atom stereocenters. The van der Waals surface area contributed by atoms with Crippen molar-refractivity contribution in [3.05, 3.63) is 48.2 Å². The Labute approximate surface area is 119 Å². The van der Waals surface area contributed by atoms with E-state index in [-0.39, 0.29) is 5.56 Å². The Morgan fingerprint density at radius 1 is 1.30 bits per heavy atom. The van der Waals surface area contributed by atoms with Crippen molar-refractivity contribution in [2.45, 2.75) is 0 Å². The highest BCUT2D eigenvalue weighted by Crippen LogP contribution is 2.37. The third-order valence-corrected chi connectivity index (χ3v) is 4.18. The number of rotatable bonds is 3. The van der Waals surface area contributed by atoms with Gasteiger partial charge >= 0.3 is 5.97 Å². The van der Waals surface area contributed by atoms with E-state index in [9.17, 15) is 4.79 Å². The van der Waals surface area contributed by atoms with Crippen molar-refractivity contribution in [2.24, 2.45) is 0 Å². The van der Waals surface area contributed by atoms with E-state index < -0.39 is 5.97 Å². The standard InChI is InChI=1S/C15H11NO3S/c1-19-12-4-2-3-9-7-13(20-14(9)12)11-6-5-10(8-16-11)15(17)18/h2-8H,1H3,(H,17,18). The van der Waals surface area contributed by atoms with E-state index in [4.69, 9.17) is 9.84 Å². The number of methoxy groups -OCH3 is 1. The number of thiophene rings is 1. The number of carbonyl (C=O) groups is 1. The van der Waals surface area contributed by atoms with E-state index in [0.29, 0.717) is 0 Å². The summed E-state index contributed by atoms with van der Waals surface area (Å²) >= 11 is 1.58. The molecule has 1 aromatic carbocycles. The van der Waals surface area contributed by atoms with Crippen LogP contribution in [0.1, 0.15) is 10.4 Å². The van der Waals surface area contributed by atoms with Crippen LogP contribution < -0.4 is 4.74 Å². The Hall–Kier alpha value is -2.40. The molecular formula is C15H11NO3S. The fourth-order valence-electron chi connectivity index (χ4n) is 1.99. The number of fused-ring (bicyclic) bond motifs is 1. The van der Waals surface area contributed by atoms with Gasteiger partial charge in [0.05, 0.1) is 27.9 Å². The average Bonchev–Trinajstić information content (AvgIpc) is 2.91. The van der Waals surface area contributed by atoms with Gasteiger partial charge in [-0.1, -0.05) is 12.1 Å². The molecule has 2 aromatic heterocycles. The molecule has 100 valence electrons. The molecule has 0 aliphatic carbocycles. The number of hydrogen-bond acceptors (Lipinski definition) is 4. The fraction of sp³-hybridized carbons (Fsp3) is 0.0667. The predicted octanol–water partition coefficient (Wildman–Crippen LogP) is 3.67. The number of benzene rings is 1. The van der Waals surface area contributed by atoms with Crippen LogP contribution in [0.3, 0.4) is 0 Å². The molecule has 2 heterocycles. The summed E-state index contributed by atoms with van der Waals surface area (Å²) in [5.41, 5.74) is 0.950. The molecule has 0 unspecified atom stereocenters. The second-order valence-electron chi connectivity index (χ2n) is 4.23. The molecule has 0 radical (unpaired) electrons. The first-order valence-corrected chi connectivity index (χ1v) is 6.77. The number of ether oxygens (including phenoxy) is 1. The molecular weight excluding hydrogens is 274 g/mol. The Kier molecular flexibility index (Phi) is 3.12. The van der Waals surface area contributed by atoms with E-state index in [1.165, 1.54) is 6.20 Å². The van der Waals surface area contributed by atoms with E-state index >= 15 is 0 Å². The van der Waals surface area contributed by atoms with Gasteiger partial charge in [0.2, 0.25) is 0 Å². The summed E-state index contributed by atoms with van der Waals surface area (Å²) in [6.45, 7) is 0. The summed E-state index contributed by atoms with van der Waals surface area (Å²) in [6.07, 6.45) is 1.37. The van der Waals surface area contributed by atoms with E-state index in [1.54, 1.807) is 30.6 Å². The first-order chi connectivity index (χ1) is 9.69. The lowest BCUT2D eigenvalue weighted by atomic mass is 10.2. The minimum absolute atomic E-state index is 0.187. The minimum atomic E-state index is -0.970.